The minimum atomic E-state index is -1.79. The van der Waals surface area contributed by atoms with Crippen molar-refractivity contribution in [2.45, 2.75) is 89.4 Å². The number of rotatable bonds is 15. The molecule has 0 radical (unpaired) electrons. The highest BCUT2D eigenvalue weighted by molar-refractivity contribution is 7.75. The second kappa shape index (κ2) is 14.9. The second-order valence-electron chi connectivity index (χ2n) is 9.25. The van der Waals surface area contributed by atoms with Crippen LogP contribution in [0.5, 0.6) is 0 Å². The van der Waals surface area contributed by atoms with Crippen LogP contribution in [0.3, 0.4) is 0 Å². The van der Waals surface area contributed by atoms with Gasteiger partial charge in [-0.15, -0.1) is 0 Å². The Morgan fingerprint density at radius 1 is 0.806 bits per heavy atom. The first-order chi connectivity index (χ1) is 17.7. The first-order valence-corrected chi connectivity index (χ1v) is 14.0. The van der Waals surface area contributed by atoms with E-state index in [1.165, 1.54) is 25.7 Å². The van der Waals surface area contributed by atoms with E-state index in [0.29, 0.717) is 19.8 Å². The van der Waals surface area contributed by atoms with Gasteiger partial charge in [-0.05, 0) is 17.5 Å². The van der Waals surface area contributed by atoms with E-state index in [1.807, 2.05) is 60.7 Å². The lowest BCUT2D eigenvalue weighted by atomic mass is 10.1. The molecule has 0 amide bonds. The first kappa shape index (κ1) is 27.4. The SMILES string of the molecule is CCCCCCCCO[C@@H]1O[C@@H]([C@H]2COS(=O)O2)[C@H](OCc2ccccc2)[C@H]1OCc1ccccc1. The molecule has 0 spiro atoms. The van der Waals surface area contributed by atoms with Crippen molar-refractivity contribution in [2.75, 3.05) is 13.2 Å². The highest BCUT2D eigenvalue weighted by Crippen LogP contribution is 2.34. The zero-order valence-electron chi connectivity index (χ0n) is 21.0. The molecule has 0 aromatic heterocycles. The zero-order chi connectivity index (χ0) is 25.0. The molecule has 4 rings (SSSR count). The van der Waals surface area contributed by atoms with Crippen molar-refractivity contribution in [1.82, 2.24) is 0 Å². The summed E-state index contributed by atoms with van der Waals surface area (Å²) < 4.78 is 47.8. The van der Waals surface area contributed by atoms with Gasteiger partial charge in [0.15, 0.2) is 6.29 Å². The predicted octanol–water partition coefficient (Wildman–Crippen LogP) is 5.25. The Bertz CT molecular complexity index is 897. The molecule has 6 atom stereocenters. The van der Waals surface area contributed by atoms with Crippen molar-refractivity contribution >= 4 is 11.4 Å². The van der Waals surface area contributed by atoms with Gasteiger partial charge in [-0.3, -0.25) is 8.37 Å². The third kappa shape index (κ3) is 8.18. The fourth-order valence-corrected chi connectivity index (χ4v) is 5.16. The maximum atomic E-state index is 11.8. The fourth-order valence-electron chi connectivity index (χ4n) is 4.49. The largest absolute Gasteiger partial charge is 0.368 e. The summed E-state index contributed by atoms with van der Waals surface area (Å²) in [7, 11) is 0. The molecule has 36 heavy (non-hydrogen) atoms. The Morgan fingerprint density at radius 3 is 2.03 bits per heavy atom. The van der Waals surface area contributed by atoms with Crippen molar-refractivity contribution in [3.05, 3.63) is 71.8 Å². The molecule has 2 saturated heterocycles. The highest BCUT2D eigenvalue weighted by Gasteiger charge is 2.52. The molecule has 8 heteroatoms. The summed E-state index contributed by atoms with van der Waals surface area (Å²) in [5.74, 6) is 0. The topological polar surface area (TPSA) is 72.5 Å². The number of hydrogen-bond acceptors (Lipinski definition) is 7. The van der Waals surface area contributed by atoms with E-state index in [9.17, 15) is 4.21 Å². The Balaban J connectivity index is 1.44. The van der Waals surface area contributed by atoms with E-state index < -0.39 is 42.1 Å². The van der Waals surface area contributed by atoms with Crippen molar-refractivity contribution in [3.63, 3.8) is 0 Å². The van der Waals surface area contributed by atoms with Crippen LogP contribution in [-0.4, -0.2) is 48.1 Å². The van der Waals surface area contributed by atoms with Gasteiger partial charge in [0.2, 0.25) is 0 Å². The molecule has 0 N–H and O–H groups in total. The Kier molecular flexibility index (Phi) is 11.4. The molecule has 2 aliphatic heterocycles. The summed E-state index contributed by atoms with van der Waals surface area (Å²) in [4.78, 5) is 0. The molecule has 0 saturated carbocycles. The van der Waals surface area contributed by atoms with Crippen molar-refractivity contribution in [1.29, 1.82) is 0 Å². The summed E-state index contributed by atoms with van der Waals surface area (Å²) in [5, 5.41) is 0. The van der Waals surface area contributed by atoms with Crippen LogP contribution >= 0.6 is 0 Å². The van der Waals surface area contributed by atoms with Gasteiger partial charge < -0.3 is 18.9 Å². The molecule has 0 bridgehead atoms. The number of benzene rings is 2. The molecule has 2 aromatic carbocycles. The Morgan fingerprint density at radius 2 is 1.42 bits per heavy atom. The maximum Gasteiger partial charge on any atom is 0.305 e. The van der Waals surface area contributed by atoms with Crippen LogP contribution in [-0.2, 0) is 51.9 Å². The van der Waals surface area contributed by atoms with Crippen molar-refractivity contribution in [3.8, 4) is 0 Å². The summed E-state index contributed by atoms with van der Waals surface area (Å²) in [6, 6.07) is 20.0. The van der Waals surface area contributed by atoms with E-state index in [1.54, 1.807) is 0 Å². The van der Waals surface area contributed by atoms with Crippen LogP contribution in [0.4, 0.5) is 0 Å². The van der Waals surface area contributed by atoms with Gasteiger partial charge in [-0.25, -0.2) is 0 Å². The minimum Gasteiger partial charge on any atom is -0.368 e. The number of hydrogen-bond donors (Lipinski definition) is 0. The third-order valence-electron chi connectivity index (χ3n) is 6.45. The van der Waals surface area contributed by atoms with Crippen LogP contribution in [0.2, 0.25) is 0 Å². The van der Waals surface area contributed by atoms with Crippen LogP contribution in [0, 0.1) is 0 Å². The summed E-state index contributed by atoms with van der Waals surface area (Å²) in [6.45, 7) is 3.75. The normalized spacial score (nSPS) is 28.0. The lowest BCUT2D eigenvalue weighted by Crippen LogP contribution is -2.43. The zero-order valence-corrected chi connectivity index (χ0v) is 21.8. The molecule has 2 fully saturated rings. The lowest BCUT2D eigenvalue weighted by Gasteiger charge is -2.26. The van der Waals surface area contributed by atoms with E-state index in [0.717, 1.165) is 24.0 Å². The molecule has 1 unspecified atom stereocenters. The van der Waals surface area contributed by atoms with Gasteiger partial charge in [0.05, 0.1) is 19.8 Å². The standard InChI is InChI=1S/C28H38O7S/c1-2-3-4-5-6-13-18-30-28-27(32-20-23-16-11-8-12-17-23)26(31-19-22-14-9-7-10-15-22)25(34-28)24-21-33-36(29)35-24/h7-12,14-17,24-28H,2-6,13,18-21H2,1H3/t24-,25+,26+,27-,28-,36?/m1/s1. The summed E-state index contributed by atoms with van der Waals surface area (Å²) >= 11 is -1.79. The van der Waals surface area contributed by atoms with Crippen LogP contribution in [0.1, 0.15) is 56.6 Å². The molecule has 2 heterocycles. The van der Waals surface area contributed by atoms with Crippen molar-refractivity contribution in [2.24, 2.45) is 0 Å². The van der Waals surface area contributed by atoms with Crippen LogP contribution in [0.15, 0.2) is 60.7 Å². The number of ether oxygens (including phenoxy) is 4. The first-order valence-electron chi connectivity index (χ1n) is 13.0. The Hall–Kier alpha value is -1.65. The van der Waals surface area contributed by atoms with E-state index in [-0.39, 0.29) is 6.61 Å². The monoisotopic (exact) mass is 518 g/mol. The van der Waals surface area contributed by atoms with E-state index >= 15 is 0 Å². The molecular weight excluding hydrogens is 480 g/mol. The van der Waals surface area contributed by atoms with E-state index in [4.69, 9.17) is 27.3 Å². The fraction of sp³-hybridized carbons (Fsp3) is 0.571. The van der Waals surface area contributed by atoms with E-state index in [2.05, 4.69) is 6.92 Å². The molecular formula is C28H38O7S. The Labute approximate surface area is 217 Å². The molecule has 2 aromatic rings. The smallest absolute Gasteiger partial charge is 0.305 e. The predicted molar refractivity (Wildman–Crippen MR) is 137 cm³/mol. The third-order valence-corrected chi connectivity index (χ3v) is 7.19. The average molecular weight is 519 g/mol. The van der Waals surface area contributed by atoms with Crippen LogP contribution in [0.25, 0.3) is 0 Å². The minimum absolute atomic E-state index is 0.165. The summed E-state index contributed by atoms with van der Waals surface area (Å²) in [6.07, 6.45) is 4.42. The summed E-state index contributed by atoms with van der Waals surface area (Å²) in [5.41, 5.74) is 2.10. The second-order valence-corrected chi connectivity index (χ2v) is 10.1. The van der Waals surface area contributed by atoms with Gasteiger partial charge in [0.25, 0.3) is 0 Å². The molecule has 198 valence electrons. The molecule has 7 nitrogen and oxygen atoms in total. The van der Waals surface area contributed by atoms with Crippen LogP contribution < -0.4 is 0 Å². The van der Waals surface area contributed by atoms with Gasteiger partial charge in [0, 0.05) is 6.61 Å². The molecule has 0 aliphatic carbocycles. The average Bonchev–Trinajstić information content (AvgIpc) is 3.49. The van der Waals surface area contributed by atoms with Gasteiger partial charge in [0.1, 0.15) is 24.4 Å². The molecule has 2 aliphatic rings. The highest BCUT2D eigenvalue weighted by atomic mass is 32.2. The van der Waals surface area contributed by atoms with Gasteiger partial charge in [-0.1, -0.05) is 99.7 Å². The number of unbranched alkanes of at least 4 members (excludes halogenated alkanes) is 5. The van der Waals surface area contributed by atoms with Gasteiger partial charge in [-0.2, -0.15) is 4.21 Å². The lowest BCUT2D eigenvalue weighted by molar-refractivity contribution is -0.187. The maximum absolute atomic E-state index is 11.8. The van der Waals surface area contributed by atoms with Gasteiger partial charge >= 0.3 is 11.4 Å². The van der Waals surface area contributed by atoms with Crippen molar-refractivity contribution < 1.29 is 31.5 Å². The quantitative estimate of drug-likeness (QED) is 0.298.